The van der Waals surface area contributed by atoms with Crippen molar-refractivity contribution in [1.82, 2.24) is 5.43 Å². The van der Waals surface area contributed by atoms with E-state index >= 15 is 0 Å². The average molecular weight is 381 g/mol. The molecule has 0 saturated carbocycles. The second-order valence-corrected chi connectivity index (χ2v) is 6.07. The minimum absolute atomic E-state index is 0.0815. The van der Waals surface area contributed by atoms with Gasteiger partial charge in [0.25, 0.3) is 5.91 Å². The Morgan fingerprint density at radius 2 is 1.96 bits per heavy atom. The maximum Gasteiger partial charge on any atom is 0.271 e. The molecule has 0 unspecified atom stereocenters. The van der Waals surface area contributed by atoms with Crippen molar-refractivity contribution in [1.29, 1.82) is 0 Å². The van der Waals surface area contributed by atoms with E-state index in [9.17, 15) is 9.90 Å². The Morgan fingerprint density at radius 1 is 1.19 bits per heavy atom. The Labute approximate surface area is 161 Å². The molecule has 6 heteroatoms. The molecule has 0 fully saturated rings. The minimum Gasteiger partial charge on any atom is -0.506 e. The summed E-state index contributed by atoms with van der Waals surface area (Å²) in [6.07, 6.45) is 3.26. The topological polar surface area (TPSA) is 70.9 Å². The molecule has 2 N–H and O–H groups in total. The number of fused-ring (bicyclic) bond motifs is 1. The Morgan fingerprint density at radius 3 is 2.70 bits per heavy atom. The van der Waals surface area contributed by atoms with E-state index in [0.717, 1.165) is 22.1 Å². The van der Waals surface area contributed by atoms with Crippen molar-refractivity contribution in [2.24, 2.45) is 5.10 Å². The fourth-order valence-electron chi connectivity index (χ4n) is 2.56. The van der Waals surface area contributed by atoms with Gasteiger partial charge < -0.3 is 9.84 Å². The quantitative estimate of drug-likeness (QED) is 0.375. The van der Waals surface area contributed by atoms with Crippen LogP contribution in [0.2, 0.25) is 5.02 Å². The SMILES string of the molecule is C=CCOc1ccc(C=NNC(=O)c2ccc(O)c(Cl)c2)c2ccccc12. The number of nitrogens with zero attached hydrogens (tertiary/aromatic N) is 1. The molecule has 5 nitrogen and oxygen atoms in total. The molecule has 0 saturated heterocycles. The van der Waals surface area contributed by atoms with Gasteiger partial charge >= 0.3 is 0 Å². The molecule has 3 rings (SSSR count). The van der Waals surface area contributed by atoms with Crippen LogP contribution in [0.15, 0.2) is 72.4 Å². The number of halogens is 1. The number of benzene rings is 3. The van der Waals surface area contributed by atoms with E-state index in [-0.39, 0.29) is 10.8 Å². The van der Waals surface area contributed by atoms with Crippen LogP contribution in [-0.4, -0.2) is 23.8 Å². The summed E-state index contributed by atoms with van der Waals surface area (Å²) in [7, 11) is 0. The zero-order valence-electron chi connectivity index (χ0n) is 14.4. The zero-order chi connectivity index (χ0) is 19.2. The summed E-state index contributed by atoms with van der Waals surface area (Å²) >= 11 is 5.82. The van der Waals surface area contributed by atoms with E-state index in [1.54, 1.807) is 12.3 Å². The largest absolute Gasteiger partial charge is 0.506 e. The Kier molecular flexibility index (Phi) is 5.74. The van der Waals surface area contributed by atoms with Crippen LogP contribution in [-0.2, 0) is 0 Å². The third-order valence-corrected chi connectivity index (χ3v) is 4.16. The Bertz CT molecular complexity index is 1030. The van der Waals surface area contributed by atoms with Gasteiger partial charge in [0.05, 0.1) is 11.2 Å². The number of phenols is 1. The third kappa shape index (κ3) is 4.27. The van der Waals surface area contributed by atoms with Crippen molar-refractivity contribution in [2.75, 3.05) is 6.61 Å². The van der Waals surface area contributed by atoms with Crippen LogP contribution in [0.4, 0.5) is 0 Å². The monoisotopic (exact) mass is 380 g/mol. The first-order chi connectivity index (χ1) is 13.1. The van der Waals surface area contributed by atoms with Crippen LogP contribution in [0.25, 0.3) is 10.8 Å². The van der Waals surface area contributed by atoms with Crippen molar-refractivity contribution in [3.05, 3.63) is 83.4 Å². The van der Waals surface area contributed by atoms with Gasteiger partial charge in [0.2, 0.25) is 0 Å². The molecule has 3 aromatic carbocycles. The van der Waals surface area contributed by atoms with Crippen LogP contribution >= 0.6 is 11.6 Å². The van der Waals surface area contributed by atoms with Crippen molar-refractivity contribution < 1.29 is 14.6 Å². The van der Waals surface area contributed by atoms with E-state index in [4.69, 9.17) is 16.3 Å². The third-order valence-electron chi connectivity index (χ3n) is 3.85. The summed E-state index contributed by atoms with van der Waals surface area (Å²) in [6.45, 7) is 4.08. The maximum absolute atomic E-state index is 12.1. The fourth-order valence-corrected chi connectivity index (χ4v) is 2.74. The Hall–Kier alpha value is -3.31. The van der Waals surface area contributed by atoms with Gasteiger partial charge in [0.1, 0.15) is 18.1 Å². The lowest BCUT2D eigenvalue weighted by Gasteiger charge is -2.09. The molecule has 0 radical (unpaired) electrons. The summed E-state index contributed by atoms with van der Waals surface area (Å²) in [5.41, 5.74) is 3.59. The predicted molar refractivity (Wildman–Crippen MR) is 108 cm³/mol. The minimum atomic E-state index is -0.427. The lowest BCUT2D eigenvalue weighted by Crippen LogP contribution is -2.17. The number of hydrogen-bond acceptors (Lipinski definition) is 4. The highest BCUT2D eigenvalue weighted by molar-refractivity contribution is 6.32. The molecule has 1 amide bonds. The normalized spacial score (nSPS) is 10.9. The number of hydrazone groups is 1. The van der Waals surface area contributed by atoms with Crippen molar-refractivity contribution in [2.45, 2.75) is 0 Å². The molecular formula is C21H17ClN2O3. The first-order valence-corrected chi connectivity index (χ1v) is 8.55. The first kappa shape index (κ1) is 18.5. The van der Waals surface area contributed by atoms with Crippen LogP contribution in [0, 0.1) is 0 Å². The van der Waals surface area contributed by atoms with Crippen LogP contribution in [0.3, 0.4) is 0 Å². The Balaban J connectivity index is 1.80. The number of carbonyl (C=O) groups excluding carboxylic acids is 1. The molecular weight excluding hydrogens is 364 g/mol. The van der Waals surface area contributed by atoms with Gasteiger partial charge in [-0.2, -0.15) is 5.10 Å². The van der Waals surface area contributed by atoms with Gasteiger partial charge in [0, 0.05) is 16.5 Å². The first-order valence-electron chi connectivity index (χ1n) is 8.17. The summed E-state index contributed by atoms with van der Waals surface area (Å²) in [6, 6.07) is 15.7. The summed E-state index contributed by atoms with van der Waals surface area (Å²) < 4.78 is 5.68. The van der Waals surface area contributed by atoms with Crippen LogP contribution < -0.4 is 10.2 Å². The number of nitrogens with one attached hydrogen (secondary N) is 1. The van der Waals surface area contributed by atoms with Crippen molar-refractivity contribution >= 4 is 34.5 Å². The van der Waals surface area contributed by atoms with Crippen molar-refractivity contribution in [3.63, 3.8) is 0 Å². The number of amides is 1. The molecule has 3 aromatic rings. The van der Waals surface area contributed by atoms with Gasteiger partial charge in [-0.15, -0.1) is 0 Å². The zero-order valence-corrected chi connectivity index (χ0v) is 15.1. The number of ether oxygens (including phenoxy) is 1. The van der Waals surface area contributed by atoms with E-state index in [1.807, 2.05) is 36.4 Å². The van der Waals surface area contributed by atoms with Crippen LogP contribution in [0.1, 0.15) is 15.9 Å². The fraction of sp³-hybridized carbons (Fsp3) is 0.0476. The molecule has 0 aliphatic rings. The second-order valence-electron chi connectivity index (χ2n) is 5.66. The number of hydrogen-bond donors (Lipinski definition) is 2. The maximum atomic E-state index is 12.1. The average Bonchev–Trinajstić information content (AvgIpc) is 2.69. The number of rotatable bonds is 6. The molecule has 0 aliphatic heterocycles. The number of phenolic OH excluding ortho intramolecular Hbond substituents is 1. The highest BCUT2D eigenvalue weighted by atomic mass is 35.5. The lowest BCUT2D eigenvalue weighted by molar-refractivity contribution is 0.0955. The molecule has 0 aliphatic carbocycles. The highest BCUT2D eigenvalue weighted by Gasteiger charge is 2.08. The molecule has 0 spiro atoms. The van der Waals surface area contributed by atoms with Gasteiger partial charge in [-0.25, -0.2) is 5.43 Å². The standard InChI is InChI=1S/C21H17ClN2O3/c1-2-11-27-20-10-8-15(16-5-3-4-6-17(16)20)13-23-24-21(26)14-7-9-19(25)18(22)12-14/h2-10,12-13,25H,1,11H2,(H,24,26). The molecule has 136 valence electrons. The van der Waals surface area contributed by atoms with Gasteiger partial charge in [0.15, 0.2) is 0 Å². The van der Waals surface area contributed by atoms with E-state index in [0.29, 0.717) is 12.2 Å². The summed E-state index contributed by atoms with van der Waals surface area (Å²) in [5.74, 6) is 0.246. The van der Waals surface area contributed by atoms with Crippen molar-refractivity contribution in [3.8, 4) is 11.5 Å². The molecule has 0 atom stereocenters. The molecule has 27 heavy (non-hydrogen) atoms. The van der Waals surface area contributed by atoms with Gasteiger partial charge in [-0.3, -0.25) is 4.79 Å². The second kappa shape index (κ2) is 8.38. The predicted octanol–water partition coefficient (Wildman–Crippen LogP) is 4.53. The van der Waals surface area contributed by atoms with Gasteiger partial charge in [-0.05, 0) is 35.7 Å². The molecule has 0 bridgehead atoms. The number of aromatic hydroxyl groups is 1. The highest BCUT2D eigenvalue weighted by Crippen LogP contribution is 2.28. The summed E-state index contributed by atoms with van der Waals surface area (Å²) in [5, 5.41) is 15.4. The molecule has 0 aromatic heterocycles. The smallest absolute Gasteiger partial charge is 0.271 e. The van der Waals surface area contributed by atoms with Gasteiger partial charge in [-0.1, -0.05) is 48.5 Å². The van der Waals surface area contributed by atoms with E-state index in [1.165, 1.54) is 18.2 Å². The number of carbonyl (C=O) groups is 1. The lowest BCUT2D eigenvalue weighted by atomic mass is 10.0. The van der Waals surface area contributed by atoms with E-state index in [2.05, 4.69) is 17.1 Å². The molecule has 0 heterocycles. The van der Waals surface area contributed by atoms with E-state index < -0.39 is 5.91 Å². The van der Waals surface area contributed by atoms with Crippen LogP contribution in [0.5, 0.6) is 11.5 Å². The summed E-state index contributed by atoms with van der Waals surface area (Å²) in [4.78, 5) is 12.1.